The molecule has 19 heavy (non-hydrogen) atoms. The van der Waals surface area contributed by atoms with Gasteiger partial charge in [0, 0.05) is 10.5 Å². The van der Waals surface area contributed by atoms with Gasteiger partial charge in [-0.2, -0.15) is 0 Å². The van der Waals surface area contributed by atoms with Gasteiger partial charge in [-0.15, -0.1) is 11.8 Å². The lowest BCUT2D eigenvalue weighted by atomic mass is 10.1. The minimum Gasteiger partial charge on any atom is -0.397 e. The third-order valence-corrected chi connectivity index (χ3v) is 3.51. The Morgan fingerprint density at radius 2 is 1.89 bits per heavy atom. The summed E-state index contributed by atoms with van der Waals surface area (Å²) >= 11 is 1.65. The van der Waals surface area contributed by atoms with Crippen molar-refractivity contribution in [3.63, 3.8) is 0 Å². The quantitative estimate of drug-likeness (QED) is 0.591. The Labute approximate surface area is 116 Å². The van der Waals surface area contributed by atoms with Crippen molar-refractivity contribution in [1.82, 2.24) is 0 Å². The van der Waals surface area contributed by atoms with E-state index in [1.807, 2.05) is 30.5 Å². The number of carbonyl (C=O) groups is 1. The number of hydrogen-bond donors (Lipinski definition) is 3. The zero-order chi connectivity index (χ0) is 13.8. The number of anilines is 3. The van der Waals surface area contributed by atoms with E-state index in [1.165, 1.54) is 0 Å². The van der Waals surface area contributed by atoms with E-state index in [0.717, 1.165) is 16.3 Å². The number of thioether (sulfide) groups is 1. The van der Waals surface area contributed by atoms with Gasteiger partial charge in [0.2, 0.25) is 5.91 Å². The highest BCUT2D eigenvalue weighted by molar-refractivity contribution is 7.98. The highest BCUT2D eigenvalue weighted by Crippen LogP contribution is 2.30. The smallest absolute Gasteiger partial charge is 0.248 e. The molecule has 5 N–H and O–H groups in total. The van der Waals surface area contributed by atoms with Crippen LogP contribution >= 0.6 is 11.8 Å². The number of nitrogen functional groups attached to an aromatic ring is 1. The number of rotatable bonds is 4. The molecule has 0 radical (unpaired) electrons. The minimum absolute atomic E-state index is 0.404. The number of primary amides is 1. The molecule has 5 heteroatoms. The van der Waals surface area contributed by atoms with Gasteiger partial charge < -0.3 is 16.8 Å². The maximum absolute atomic E-state index is 11.1. The van der Waals surface area contributed by atoms with Crippen LogP contribution in [0.15, 0.2) is 47.4 Å². The molecular weight excluding hydrogens is 258 g/mol. The third-order valence-electron chi connectivity index (χ3n) is 2.71. The van der Waals surface area contributed by atoms with Crippen LogP contribution in [0.2, 0.25) is 0 Å². The summed E-state index contributed by atoms with van der Waals surface area (Å²) in [5.74, 6) is -0.484. The van der Waals surface area contributed by atoms with Crippen LogP contribution < -0.4 is 16.8 Å². The zero-order valence-corrected chi connectivity index (χ0v) is 11.3. The predicted molar refractivity (Wildman–Crippen MR) is 80.9 cm³/mol. The van der Waals surface area contributed by atoms with Crippen LogP contribution in [-0.4, -0.2) is 12.2 Å². The molecule has 0 fully saturated rings. The van der Waals surface area contributed by atoms with E-state index in [0.29, 0.717) is 11.3 Å². The van der Waals surface area contributed by atoms with E-state index in [9.17, 15) is 4.79 Å². The summed E-state index contributed by atoms with van der Waals surface area (Å²) in [6.45, 7) is 0. The monoisotopic (exact) mass is 273 g/mol. The van der Waals surface area contributed by atoms with Crippen molar-refractivity contribution in [2.75, 3.05) is 17.3 Å². The van der Waals surface area contributed by atoms with Gasteiger partial charge in [0.25, 0.3) is 0 Å². The van der Waals surface area contributed by atoms with Gasteiger partial charge in [0.1, 0.15) is 0 Å². The molecule has 1 amide bonds. The van der Waals surface area contributed by atoms with Crippen LogP contribution in [0.5, 0.6) is 0 Å². The van der Waals surface area contributed by atoms with E-state index in [4.69, 9.17) is 11.5 Å². The van der Waals surface area contributed by atoms with Crippen molar-refractivity contribution < 1.29 is 4.79 Å². The van der Waals surface area contributed by atoms with Gasteiger partial charge in [-0.05, 0) is 36.6 Å². The normalized spacial score (nSPS) is 10.2. The van der Waals surface area contributed by atoms with Gasteiger partial charge in [-0.1, -0.05) is 12.1 Å². The molecule has 0 saturated heterocycles. The molecule has 0 aromatic heterocycles. The second-order valence-corrected chi connectivity index (χ2v) is 4.84. The van der Waals surface area contributed by atoms with Crippen molar-refractivity contribution in [3.05, 3.63) is 48.0 Å². The Bertz CT molecular complexity index is 613. The van der Waals surface area contributed by atoms with Gasteiger partial charge >= 0.3 is 0 Å². The third kappa shape index (κ3) is 3.00. The van der Waals surface area contributed by atoms with E-state index in [1.54, 1.807) is 30.0 Å². The Kier molecular flexibility index (Phi) is 3.97. The van der Waals surface area contributed by atoms with Gasteiger partial charge in [0.15, 0.2) is 0 Å². The highest BCUT2D eigenvalue weighted by atomic mass is 32.2. The van der Waals surface area contributed by atoms with Crippen LogP contribution in [0.3, 0.4) is 0 Å². The minimum atomic E-state index is -0.484. The summed E-state index contributed by atoms with van der Waals surface area (Å²) in [7, 11) is 0. The van der Waals surface area contributed by atoms with Crippen molar-refractivity contribution >= 4 is 34.7 Å². The Balaban J connectivity index is 2.31. The average molecular weight is 273 g/mol. The molecule has 0 spiro atoms. The number of para-hydroxylation sites is 1. The summed E-state index contributed by atoms with van der Waals surface area (Å²) in [6, 6.07) is 12.9. The van der Waals surface area contributed by atoms with E-state index >= 15 is 0 Å². The molecule has 0 aliphatic heterocycles. The predicted octanol–water partition coefficient (Wildman–Crippen LogP) is 2.83. The van der Waals surface area contributed by atoms with Crippen molar-refractivity contribution in [3.8, 4) is 0 Å². The molecular formula is C14H15N3OS. The first kappa shape index (κ1) is 13.3. The Hall–Kier alpha value is -2.14. The fourth-order valence-corrected chi connectivity index (χ4v) is 2.28. The zero-order valence-electron chi connectivity index (χ0n) is 10.5. The first-order valence-corrected chi connectivity index (χ1v) is 6.93. The first-order valence-electron chi connectivity index (χ1n) is 5.71. The maximum atomic E-state index is 11.1. The Morgan fingerprint density at radius 1 is 1.16 bits per heavy atom. The number of benzene rings is 2. The van der Waals surface area contributed by atoms with Gasteiger partial charge in [-0.25, -0.2) is 0 Å². The van der Waals surface area contributed by atoms with Crippen molar-refractivity contribution in [2.24, 2.45) is 5.73 Å². The van der Waals surface area contributed by atoms with Crippen LogP contribution in [0.4, 0.5) is 17.1 Å². The molecule has 0 aliphatic rings. The molecule has 98 valence electrons. The number of nitrogens with one attached hydrogen (secondary N) is 1. The molecule has 2 aromatic rings. The number of amides is 1. The van der Waals surface area contributed by atoms with Crippen LogP contribution in [-0.2, 0) is 0 Å². The highest BCUT2D eigenvalue weighted by Gasteiger charge is 2.06. The molecule has 0 heterocycles. The molecule has 0 unspecified atom stereocenters. The Morgan fingerprint density at radius 3 is 2.53 bits per heavy atom. The van der Waals surface area contributed by atoms with Crippen molar-refractivity contribution in [1.29, 1.82) is 0 Å². The summed E-state index contributed by atoms with van der Waals surface area (Å²) < 4.78 is 0. The number of hydrogen-bond acceptors (Lipinski definition) is 4. The van der Waals surface area contributed by atoms with Gasteiger partial charge in [-0.3, -0.25) is 4.79 Å². The molecule has 0 atom stereocenters. The fraction of sp³-hybridized carbons (Fsp3) is 0.0714. The lowest BCUT2D eigenvalue weighted by Crippen LogP contribution is -2.11. The molecule has 2 rings (SSSR count). The average Bonchev–Trinajstić information content (AvgIpc) is 2.41. The standard InChI is InChI=1S/C14H15N3OS/c1-19-13-5-3-2-4-12(13)17-11-7-6-9(14(16)18)8-10(11)15/h2-8,17H,15H2,1H3,(H2,16,18). The van der Waals surface area contributed by atoms with E-state index in [2.05, 4.69) is 5.32 Å². The number of carbonyl (C=O) groups excluding carboxylic acids is 1. The van der Waals surface area contributed by atoms with Crippen LogP contribution in [0, 0.1) is 0 Å². The summed E-state index contributed by atoms with van der Waals surface area (Å²) in [5, 5.41) is 3.26. The summed E-state index contributed by atoms with van der Waals surface area (Å²) in [6.07, 6.45) is 2.01. The molecule has 2 aromatic carbocycles. The lowest BCUT2D eigenvalue weighted by molar-refractivity contribution is 0.100. The van der Waals surface area contributed by atoms with Gasteiger partial charge in [0.05, 0.1) is 17.1 Å². The largest absolute Gasteiger partial charge is 0.397 e. The fourth-order valence-electron chi connectivity index (χ4n) is 1.72. The SMILES string of the molecule is CSc1ccccc1Nc1ccc(C(N)=O)cc1N. The topological polar surface area (TPSA) is 81.1 Å². The maximum Gasteiger partial charge on any atom is 0.248 e. The molecule has 0 saturated carbocycles. The summed E-state index contributed by atoms with van der Waals surface area (Å²) in [4.78, 5) is 12.2. The molecule has 0 aliphatic carbocycles. The second kappa shape index (κ2) is 5.67. The van der Waals surface area contributed by atoms with Crippen LogP contribution in [0.25, 0.3) is 0 Å². The molecule has 0 bridgehead atoms. The second-order valence-electron chi connectivity index (χ2n) is 3.99. The van der Waals surface area contributed by atoms with E-state index in [-0.39, 0.29) is 0 Å². The molecule has 4 nitrogen and oxygen atoms in total. The van der Waals surface area contributed by atoms with E-state index < -0.39 is 5.91 Å². The van der Waals surface area contributed by atoms with Crippen molar-refractivity contribution in [2.45, 2.75) is 4.90 Å². The number of nitrogens with two attached hydrogens (primary N) is 2. The van der Waals surface area contributed by atoms with Crippen LogP contribution in [0.1, 0.15) is 10.4 Å². The first-order chi connectivity index (χ1) is 9.11. The lowest BCUT2D eigenvalue weighted by Gasteiger charge is -2.12. The summed E-state index contributed by atoms with van der Waals surface area (Å²) in [5.41, 5.74) is 13.8.